The van der Waals surface area contributed by atoms with Crippen LogP contribution in [0.2, 0.25) is 0 Å². The minimum Gasteiger partial charge on any atom is -0.494 e. The Bertz CT molecular complexity index is 2530. The van der Waals surface area contributed by atoms with Crippen molar-refractivity contribution in [1.82, 2.24) is 42.1 Å². The van der Waals surface area contributed by atoms with Gasteiger partial charge in [-0.2, -0.15) is 0 Å². The van der Waals surface area contributed by atoms with Gasteiger partial charge in [-0.25, -0.2) is 0 Å². The van der Waals surface area contributed by atoms with E-state index in [2.05, 4.69) is 49.1 Å². The third kappa shape index (κ3) is 19.9. The molecule has 2 saturated heterocycles. The molecule has 1 aliphatic carbocycles. The predicted octanol–water partition coefficient (Wildman–Crippen LogP) is -0.309. The predicted molar refractivity (Wildman–Crippen MR) is 304 cm³/mol. The number of nitrogens with two attached hydrogens (primary N) is 4. The van der Waals surface area contributed by atoms with Gasteiger partial charge in [0.15, 0.2) is 5.96 Å². The number of carbonyl (C=O) groups excluding carboxylic acids is 10. The first-order valence-corrected chi connectivity index (χ1v) is 29.5. The molecule has 7 atom stereocenters. The van der Waals surface area contributed by atoms with E-state index in [1.807, 2.05) is 6.92 Å². The zero-order valence-corrected chi connectivity index (χ0v) is 47.6. The van der Waals surface area contributed by atoms with Crippen LogP contribution in [0.4, 0.5) is 0 Å². The largest absolute Gasteiger partial charge is 0.494 e. The molecule has 3 aliphatic rings. The molecule has 3 unspecified atom stereocenters. The molecule has 80 heavy (non-hydrogen) atoms. The lowest BCUT2D eigenvalue weighted by Gasteiger charge is -2.39. The van der Waals surface area contributed by atoms with Crippen LogP contribution in [-0.4, -0.2) is 149 Å². The Hall–Kier alpha value is -7.09. The van der Waals surface area contributed by atoms with Crippen LogP contribution >= 0.6 is 21.6 Å². The number of primary amides is 2. The summed E-state index contributed by atoms with van der Waals surface area (Å²) in [6.45, 7) is 7.40. The number of benzene rings is 2. The molecule has 1 saturated carbocycles. The number of hydrogen-bond donors (Lipinski definition) is 11. The average molecular weight is 1150 g/mol. The van der Waals surface area contributed by atoms with E-state index in [-0.39, 0.29) is 63.3 Å². The van der Waals surface area contributed by atoms with E-state index in [0.717, 1.165) is 12.8 Å². The van der Waals surface area contributed by atoms with Crippen molar-refractivity contribution in [2.24, 2.45) is 39.8 Å². The third-order valence-corrected chi connectivity index (χ3v) is 17.4. The van der Waals surface area contributed by atoms with E-state index in [1.54, 1.807) is 68.4 Å². The summed E-state index contributed by atoms with van der Waals surface area (Å²) in [5.74, 6) is -7.56. The highest BCUT2D eigenvalue weighted by Crippen LogP contribution is 2.49. The number of ether oxygens (including phenoxy) is 1. The summed E-state index contributed by atoms with van der Waals surface area (Å²) in [7, 11) is 2.59. The number of nitrogens with one attached hydrogen (secondary N) is 7. The number of aliphatic imine (C=N–C) groups is 1. The second-order valence-corrected chi connectivity index (χ2v) is 23.8. The molecule has 1 spiro atoms. The summed E-state index contributed by atoms with van der Waals surface area (Å²) >= 11 is 0. The molecule has 2 aliphatic heterocycles. The molecule has 24 nitrogen and oxygen atoms in total. The summed E-state index contributed by atoms with van der Waals surface area (Å²) in [6.07, 6.45) is 2.77. The van der Waals surface area contributed by atoms with Gasteiger partial charge in [0.1, 0.15) is 48.0 Å². The van der Waals surface area contributed by atoms with Gasteiger partial charge < -0.3 is 69.8 Å². The zero-order valence-electron chi connectivity index (χ0n) is 45.9. The van der Waals surface area contributed by atoms with Crippen molar-refractivity contribution in [2.45, 2.75) is 152 Å². The molecule has 2 aromatic rings. The van der Waals surface area contributed by atoms with Crippen LogP contribution in [0.3, 0.4) is 0 Å². The maximum absolute atomic E-state index is 15.0. The summed E-state index contributed by atoms with van der Waals surface area (Å²) in [5, 5.41) is 19.0. The lowest BCUT2D eigenvalue weighted by molar-refractivity contribution is -0.142. The lowest BCUT2D eigenvalue weighted by Crippen LogP contribution is -2.61. The second kappa shape index (κ2) is 31.1. The highest BCUT2D eigenvalue weighted by Gasteiger charge is 2.43. The second-order valence-electron chi connectivity index (χ2n) is 21.0. The number of amides is 10. The normalized spacial score (nSPS) is 24.9. The van der Waals surface area contributed by atoms with E-state index in [0.29, 0.717) is 48.7 Å². The standard InChI is InChI=1S/C54H79N13O11S2/c1-5-78-35-17-15-34(16-18-35)26-37-47(72)63-38(25-33-11-7-6-8-12-33)49(74)66-45(31(2)3)51(76)64-39(27-42(55)68)48(73)65-40(30-79-80-54(28-44(70)61-37)21-19-32(4)20-22-54)52(77)67-24-10-14-41(67)50(75)62-36(13-9-23-59-53(57)58)46(71)60-29-43(56)69/h6-8,11-12,15-18,31-32,36-41,45H,5,9-10,13-14,19-30H2,1-4H3,(H2,55,68)(H2,56,69)(H,60,71)(H,61,70)(H,62,75)(H,63,72)(H,64,76)(H,65,73)(H,66,74)(H4,57,58,59)/t32?,36-,37?,38?,39-,40?,41-,45-,54?/m0/s1. The lowest BCUT2D eigenvalue weighted by atomic mass is 9.80. The van der Waals surface area contributed by atoms with Crippen LogP contribution in [0.15, 0.2) is 59.6 Å². The van der Waals surface area contributed by atoms with Crippen LogP contribution in [-0.2, 0) is 60.8 Å². The number of likely N-dealkylation sites (tertiary alicyclic amines) is 1. The smallest absolute Gasteiger partial charge is 0.246 e. The fraction of sp³-hybridized carbons (Fsp3) is 0.574. The SMILES string of the molecule is CCOc1ccc(CC2NC(=O)CC3(CCC(C)CC3)SSCC(C(=O)N3CCC[C@H]3C(=O)N[C@@H](CCCN=C(N)N)C(=O)NCC(N)=O)NC(=O)[C@H](CC(N)=O)NC(=O)[C@H](C(C)C)NC(=O)C(Cc3ccccc3)NC2=O)cc1. The molecular weight excluding hydrogens is 1070 g/mol. The van der Waals surface area contributed by atoms with Gasteiger partial charge in [-0.15, -0.1) is 0 Å². The molecule has 0 aromatic heterocycles. The Morgan fingerprint density at radius 3 is 2.04 bits per heavy atom. The Balaban J connectivity index is 1.53. The number of nitrogens with zero attached hydrogens (tertiary/aromatic N) is 2. The maximum Gasteiger partial charge on any atom is 0.246 e. The molecule has 2 aromatic carbocycles. The Morgan fingerprint density at radius 1 is 0.787 bits per heavy atom. The molecular formula is C54H79N13O11S2. The van der Waals surface area contributed by atoms with E-state index >= 15 is 0 Å². The fourth-order valence-corrected chi connectivity index (χ4v) is 13.1. The first-order chi connectivity index (χ1) is 38.1. The molecule has 26 heteroatoms. The van der Waals surface area contributed by atoms with Gasteiger partial charge >= 0.3 is 0 Å². The van der Waals surface area contributed by atoms with Gasteiger partial charge in [-0.05, 0) is 93.4 Å². The molecule has 15 N–H and O–H groups in total. The minimum atomic E-state index is -1.66. The van der Waals surface area contributed by atoms with Crippen molar-refractivity contribution in [3.8, 4) is 5.75 Å². The number of rotatable bonds is 19. The summed E-state index contributed by atoms with van der Waals surface area (Å²) in [4.78, 5) is 145. The van der Waals surface area contributed by atoms with E-state index in [4.69, 9.17) is 27.7 Å². The van der Waals surface area contributed by atoms with Crippen molar-refractivity contribution < 1.29 is 52.7 Å². The molecule has 5 rings (SSSR count). The summed E-state index contributed by atoms with van der Waals surface area (Å²) in [6, 6.07) is 6.81. The Morgan fingerprint density at radius 2 is 1.41 bits per heavy atom. The van der Waals surface area contributed by atoms with Crippen LogP contribution in [0.25, 0.3) is 0 Å². The third-order valence-electron chi connectivity index (χ3n) is 14.1. The first-order valence-electron chi connectivity index (χ1n) is 27.1. The molecule has 0 bridgehead atoms. The van der Waals surface area contributed by atoms with Gasteiger partial charge in [0.05, 0.1) is 19.6 Å². The van der Waals surface area contributed by atoms with Crippen molar-refractivity contribution in [2.75, 3.05) is 32.0 Å². The number of guanidine groups is 1. The first kappa shape index (κ1) is 63.7. The van der Waals surface area contributed by atoms with Crippen LogP contribution in [0, 0.1) is 11.8 Å². The molecule has 2 heterocycles. The quantitative estimate of drug-likeness (QED) is 0.0372. The van der Waals surface area contributed by atoms with Crippen molar-refractivity contribution in [3.63, 3.8) is 0 Å². The molecule has 10 amide bonds. The van der Waals surface area contributed by atoms with Crippen molar-refractivity contribution in [1.29, 1.82) is 0 Å². The van der Waals surface area contributed by atoms with Gasteiger partial charge in [0, 0.05) is 42.9 Å². The molecule has 438 valence electrons. The Labute approximate surface area is 474 Å². The summed E-state index contributed by atoms with van der Waals surface area (Å²) < 4.78 is 4.91. The highest BCUT2D eigenvalue weighted by atomic mass is 33.1. The van der Waals surface area contributed by atoms with Crippen molar-refractivity contribution >= 4 is 86.6 Å². The van der Waals surface area contributed by atoms with Gasteiger partial charge in [-0.3, -0.25) is 52.9 Å². The van der Waals surface area contributed by atoms with E-state index in [9.17, 15) is 47.9 Å². The number of hydrogen-bond acceptors (Lipinski definition) is 14. The zero-order chi connectivity index (χ0) is 58.5. The number of carbonyl (C=O) groups is 10. The Kier molecular flexibility index (Phi) is 24.7. The van der Waals surface area contributed by atoms with Gasteiger partial charge in [0.2, 0.25) is 59.1 Å². The van der Waals surface area contributed by atoms with Crippen LogP contribution < -0.4 is 64.9 Å². The molecule has 0 radical (unpaired) electrons. The van der Waals surface area contributed by atoms with Crippen LogP contribution in [0.5, 0.6) is 5.75 Å². The van der Waals surface area contributed by atoms with E-state index < -0.39 is 125 Å². The summed E-state index contributed by atoms with van der Waals surface area (Å²) in [5.41, 5.74) is 23.2. The maximum atomic E-state index is 15.0. The average Bonchev–Trinajstić information content (AvgIpc) is 3.91. The van der Waals surface area contributed by atoms with E-state index in [1.165, 1.54) is 26.5 Å². The fourth-order valence-electron chi connectivity index (χ4n) is 9.76. The van der Waals surface area contributed by atoms with Crippen molar-refractivity contribution in [3.05, 3.63) is 65.7 Å². The van der Waals surface area contributed by atoms with Gasteiger partial charge in [0.25, 0.3) is 0 Å². The monoisotopic (exact) mass is 1150 g/mol. The van der Waals surface area contributed by atoms with Gasteiger partial charge in [-0.1, -0.05) is 84.8 Å². The van der Waals surface area contributed by atoms with Crippen LogP contribution in [0.1, 0.15) is 103 Å². The highest BCUT2D eigenvalue weighted by molar-refractivity contribution is 8.77. The minimum absolute atomic E-state index is 0.0149. The molecule has 3 fully saturated rings. The topological polar surface area (TPSA) is 384 Å².